The summed E-state index contributed by atoms with van der Waals surface area (Å²) in [5.41, 5.74) is 3.64. The van der Waals surface area contributed by atoms with E-state index in [1.165, 1.54) is 11.1 Å². The smallest absolute Gasteiger partial charge is 0.171 e. The molecule has 1 rings (SSSR count). The Labute approximate surface area is 110 Å². The number of hydrogen-bond donors (Lipinski definition) is 2. The summed E-state index contributed by atoms with van der Waals surface area (Å²) in [4.78, 5) is 0. The van der Waals surface area contributed by atoms with E-state index in [9.17, 15) is 0 Å². The third kappa shape index (κ3) is 4.35. The molecule has 0 aliphatic rings. The Bertz CT molecular complexity index is 411. The lowest BCUT2D eigenvalue weighted by Crippen LogP contribution is -2.44. The van der Waals surface area contributed by atoms with Crippen LogP contribution < -0.4 is 10.6 Å². The number of rotatable bonds is 3. The first-order chi connectivity index (χ1) is 7.84. The largest absolute Gasteiger partial charge is 0.358 e. The summed E-state index contributed by atoms with van der Waals surface area (Å²) in [6.45, 7) is 10.6. The van der Waals surface area contributed by atoms with Crippen molar-refractivity contribution in [3.05, 3.63) is 29.3 Å². The molecule has 17 heavy (non-hydrogen) atoms. The van der Waals surface area contributed by atoms with Crippen LogP contribution >= 0.6 is 12.2 Å². The minimum absolute atomic E-state index is 0.0316. The minimum Gasteiger partial charge on any atom is -0.358 e. The van der Waals surface area contributed by atoms with Crippen LogP contribution in [-0.4, -0.2) is 10.7 Å². The van der Waals surface area contributed by atoms with Crippen LogP contribution in [0.1, 0.15) is 38.3 Å². The monoisotopic (exact) mass is 250 g/mol. The number of thiocarbonyl (C=S) groups is 1. The van der Waals surface area contributed by atoms with Crippen molar-refractivity contribution < 1.29 is 0 Å². The van der Waals surface area contributed by atoms with E-state index in [0.29, 0.717) is 5.11 Å². The van der Waals surface area contributed by atoms with Crippen LogP contribution in [0.2, 0.25) is 0 Å². The number of nitrogens with one attached hydrogen (secondary N) is 2. The van der Waals surface area contributed by atoms with Crippen molar-refractivity contribution in [2.24, 2.45) is 0 Å². The standard InChI is InChI=1S/C14H22N2S/c1-6-14(4,5)16-13(17)15-12-8-7-10(2)11(3)9-12/h7-9H,6H2,1-5H3,(H2,15,16,17). The molecule has 94 valence electrons. The zero-order valence-corrected chi connectivity index (χ0v) is 12.2. The van der Waals surface area contributed by atoms with E-state index in [0.717, 1.165) is 12.1 Å². The Hall–Kier alpha value is -1.09. The average molecular weight is 250 g/mol. The van der Waals surface area contributed by atoms with Crippen LogP contribution in [0.15, 0.2) is 18.2 Å². The Balaban J connectivity index is 2.65. The lowest BCUT2D eigenvalue weighted by atomic mass is 10.0. The first kappa shape index (κ1) is 14.0. The molecular formula is C14H22N2S. The Morgan fingerprint density at radius 3 is 2.41 bits per heavy atom. The van der Waals surface area contributed by atoms with Gasteiger partial charge in [0.2, 0.25) is 0 Å². The Morgan fingerprint density at radius 2 is 1.88 bits per heavy atom. The van der Waals surface area contributed by atoms with Gasteiger partial charge in [0.25, 0.3) is 0 Å². The quantitative estimate of drug-likeness (QED) is 0.798. The molecule has 0 atom stereocenters. The fourth-order valence-electron chi connectivity index (χ4n) is 1.38. The topological polar surface area (TPSA) is 24.1 Å². The van der Waals surface area contributed by atoms with Crippen LogP contribution in [0.4, 0.5) is 5.69 Å². The predicted molar refractivity (Wildman–Crippen MR) is 79.6 cm³/mol. The number of benzene rings is 1. The second-order valence-corrected chi connectivity index (χ2v) is 5.52. The zero-order valence-electron chi connectivity index (χ0n) is 11.3. The van der Waals surface area contributed by atoms with Gasteiger partial charge in [0, 0.05) is 11.2 Å². The summed E-state index contributed by atoms with van der Waals surface area (Å²) in [5.74, 6) is 0. The number of aryl methyl sites for hydroxylation is 2. The van der Waals surface area contributed by atoms with Gasteiger partial charge in [-0.25, -0.2) is 0 Å². The van der Waals surface area contributed by atoms with Gasteiger partial charge in [-0.2, -0.15) is 0 Å². The summed E-state index contributed by atoms with van der Waals surface area (Å²) in [6, 6.07) is 6.27. The van der Waals surface area contributed by atoms with Crippen molar-refractivity contribution in [3.8, 4) is 0 Å². The Kier molecular flexibility index (Phi) is 4.52. The third-order valence-corrected chi connectivity index (χ3v) is 3.30. The van der Waals surface area contributed by atoms with E-state index in [4.69, 9.17) is 12.2 Å². The van der Waals surface area contributed by atoms with Crippen molar-refractivity contribution in [3.63, 3.8) is 0 Å². The van der Waals surface area contributed by atoms with Crippen LogP contribution in [-0.2, 0) is 0 Å². The van der Waals surface area contributed by atoms with Crippen molar-refractivity contribution in [2.45, 2.75) is 46.6 Å². The van der Waals surface area contributed by atoms with Gasteiger partial charge in [-0.3, -0.25) is 0 Å². The SMILES string of the molecule is CCC(C)(C)NC(=S)Nc1ccc(C)c(C)c1. The van der Waals surface area contributed by atoms with Gasteiger partial charge < -0.3 is 10.6 Å². The molecule has 1 aromatic carbocycles. The molecule has 0 saturated carbocycles. The van der Waals surface area contributed by atoms with E-state index in [1.54, 1.807) is 0 Å². The van der Waals surface area contributed by atoms with Crippen molar-refractivity contribution in [1.82, 2.24) is 5.32 Å². The first-order valence-corrected chi connectivity index (χ1v) is 6.41. The maximum Gasteiger partial charge on any atom is 0.171 e. The van der Waals surface area contributed by atoms with Gasteiger partial charge in [-0.15, -0.1) is 0 Å². The minimum atomic E-state index is 0.0316. The van der Waals surface area contributed by atoms with Crippen molar-refractivity contribution >= 4 is 23.0 Å². The molecule has 0 saturated heterocycles. The summed E-state index contributed by atoms with van der Waals surface area (Å²) < 4.78 is 0. The highest BCUT2D eigenvalue weighted by Gasteiger charge is 2.15. The molecule has 0 amide bonds. The van der Waals surface area contributed by atoms with E-state index in [2.05, 4.69) is 63.5 Å². The number of anilines is 1. The highest BCUT2D eigenvalue weighted by atomic mass is 32.1. The third-order valence-electron chi connectivity index (χ3n) is 3.10. The molecule has 0 heterocycles. The molecule has 0 unspecified atom stereocenters. The zero-order chi connectivity index (χ0) is 13.1. The molecule has 3 heteroatoms. The fraction of sp³-hybridized carbons (Fsp3) is 0.500. The molecule has 2 nitrogen and oxygen atoms in total. The van der Waals surface area contributed by atoms with Crippen molar-refractivity contribution in [2.75, 3.05) is 5.32 Å². The van der Waals surface area contributed by atoms with Crippen LogP contribution in [0, 0.1) is 13.8 Å². The molecule has 0 fully saturated rings. The molecule has 0 spiro atoms. The molecule has 0 aliphatic carbocycles. The summed E-state index contributed by atoms with van der Waals surface area (Å²) in [5, 5.41) is 7.21. The Morgan fingerprint density at radius 1 is 1.24 bits per heavy atom. The van der Waals surface area contributed by atoms with Gasteiger partial charge in [0.15, 0.2) is 5.11 Å². The first-order valence-electron chi connectivity index (χ1n) is 6.00. The van der Waals surface area contributed by atoms with E-state index in [-0.39, 0.29) is 5.54 Å². The fourth-order valence-corrected chi connectivity index (χ4v) is 1.77. The molecule has 0 aromatic heterocycles. The van der Waals surface area contributed by atoms with E-state index < -0.39 is 0 Å². The molecule has 1 aromatic rings. The molecule has 0 bridgehead atoms. The predicted octanol–water partition coefficient (Wildman–Crippen LogP) is 3.78. The second kappa shape index (κ2) is 5.50. The van der Waals surface area contributed by atoms with Crippen LogP contribution in [0.25, 0.3) is 0 Å². The lowest BCUT2D eigenvalue weighted by Gasteiger charge is -2.26. The van der Waals surface area contributed by atoms with Gasteiger partial charge in [-0.1, -0.05) is 13.0 Å². The van der Waals surface area contributed by atoms with Gasteiger partial charge in [-0.05, 0) is 69.6 Å². The van der Waals surface area contributed by atoms with E-state index >= 15 is 0 Å². The summed E-state index contributed by atoms with van der Waals surface area (Å²) in [6.07, 6.45) is 1.03. The normalized spacial score (nSPS) is 11.1. The average Bonchev–Trinajstić information content (AvgIpc) is 2.23. The second-order valence-electron chi connectivity index (χ2n) is 5.12. The van der Waals surface area contributed by atoms with Crippen LogP contribution in [0.5, 0.6) is 0 Å². The van der Waals surface area contributed by atoms with Gasteiger partial charge in [0.05, 0.1) is 0 Å². The molecule has 2 N–H and O–H groups in total. The van der Waals surface area contributed by atoms with Gasteiger partial charge >= 0.3 is 0 Å². The van der Waals surface area contributed by atoms with Gasteiger partial charge in [0.1, 0.15) is 0 Å². The highest BCUT2D eigenvalue weighted by Crippen LogP contribution is 2.14. The van der Waals surface area contributed by atoms with E-state index in [1.807, 2.05) is 0 Å². The lowest BCUT2D eigenvalue weighted by molar-refractivity contribution is 0.448. The highest BCUT2D eigenvalue weighted by molar-refractivity contribution is 7.80. The molecular weight excluding hydrogens is 228 g/mol. The maximum atomic E-state index is 5.30. The summed E-state index contributed by atoms with van der Waals surface area (Å²) >= 11 is 5.30. The molecule has 0 aliphatic heterocycles. The maximum absolute atomic E-state index is 5.30. The number of hydrogen-bond acceptors (Lipinski definition) is 1. The van der Waals surface area contributed by atoms with Crippen molar-refractivity contribution in [1.29, 1.82) is 0 Å². The molecule has 0 radical (unpaired) electrons. The summed E-state index contributed by atoms with van der Waals surface area (Å²) in [7, 11) is 0. The van der Waals surface area contributed by atoms with Crippen LogP contribution in [0.3, 0.4) is 0 Å².